The van der Waals surface area contributed by atoms with E-state index >= 15 is 0 Å². The zero-order chi connectivity index (χ0) is 23.2. The Labute approximate surface area is 199 Å². The first-order valence-electron chi connectivity index (χ1n) is 11.6. The zero-order valence-corrected chi connectivity index (χ0v) is 19.0. The van der Waals surface area contributed by atoms with E-state index in [2.05, 4.69) is 47.1 Å². The second kappa shape index (κ2) is 10.2. The smallest absolute Gasteiger partial charge is 0.147 e. The molecule has 2 heterocycles. The molecule has 0 saturated heterocycles. The number of quaternary nitrogens is 1. The minimum absolute atomic E-state index is 0.608. The minimum atomic E-state index is 0.608. The monoisotopic (exact) mass is 447 g/mol. The summed E-state index contributed by atoms with van der Waals surface area (Å²) in [5.41, 5.74) is 11.8. The molecular formula is C29H27N4O+. The molecule has 2 aromatic heterocycles. The van der Waals surface area contributed by atoms with Crippen LogP contribution in [0.15, 0.2) is 97.3 Å². The van der Waals surface area contributed by atoms with E-state index in [-0.39, 0.29) is 0 Å². The van der Waals surface area contributed by atoms with E-state index in [0.29, 0.717) is 6.61 Å². The molecule has 5 nitrogen and oxygen atoms in total. The number of benzene rings is 3. The Hall–Kier alpha value is -4.09. The molecular weight excluding hydrogens is 420 g/mol. The van der Waals surface area contributed by atoms with Crippen LogP contribution in [0.3, 0.4) is 0 Å². The Morgan fingerprint density at radius 3 is 2.18 bits per heavy atom. The lowest BCUT2D eigenvalue weighted by Crippen LogP contribution is -2.47. The molecule has 5 heteroatoms. The summed E-state index contributed by atoms with van der Waals surface area (Å²) in [5, 5.41) is 0. The molecule has 0 radical (unpaired) electrons. The number of aromatic nitrogens is 3. The van der Waals surface area contributed by atoms with Gasteiger partial charge in [-0.3, -0.25) is 4.98 Å². The van der Waals surface area contributed by atoms with E-state index in [1.54, 1.807) is 0 Å². The maximum atomic E-state index is 6.19. The molecule has 3 N–H and O–H groups in total. The predicted octanol–water partition coefficient (Wildman–Crippen LogP) is 5.11. The predicted molar refractivity (Wildman–Crippen MR) is 135 cm³/mol. The molecule has 5 rings (SSSR count). The van der Waals surface area contributed by atoms with Crippen molar-refractivity contribution in [2.24, 2.45) is 0 Å². The van der Waals surface area contributed by atoms with Crippen LogP contribution in [0.25, 0.3) is 33.5 Å². The summed E-state index contributed by atoms with van der Waals surface area (Å²) >= 11 is 0. The summed E-state index contributed by atoms with van der Waals surface area (Å²) in [6.07, 6.45) is 5.51. The SMILES string of the molecule is [NH3+]Cc1ccc(-c2nc3c(OCCCc4ccncc4)cccc3nc2-c2ccccc2)cc1. The van der Waals surface area contributed by atoms with Gasteiger partial charge in [0.2, 0.25) is 0 Å². The lowest BCUT2D eigenvalue weighted by atomic mass is 10.0. The molecule has 0 spiro atoms. The van der Waals surface area contributed by atoms with Gasteiger partial charge < -0.3 is 10.5 Å². The number of pyridine rings is 1. The second-order valence-electron chi connectivity index (χ2n) is 8.17. The highest BCUT2D eigenvalue weighted by molar-refractivity contribution is 5.89. The van der Waals surface area contributed by atoms with Crippen molar-refractivity contribution in [3.8, 4) is 28.3 Å². The van der Waals surface area contributed by atoms with E-state index in [4.69, 9.17) is 14.7 Å². The summed E-state index contributed by atoms with van der Waals surface area (Å²) in [6.45, 7) is 1.36. The van der Waals surface area contributed by atoms with Gasteiger partial charge in [0.1, 0.15) is 11.3 Å². The van der Waals surface area contributed by atoms with Crippen LogP contribution in [-0.2, 0) is 13.0 Å². The summed E-state index contributed by atoms with van der Waals surface area (Å²) in [6, 6.07) is 28.6. The molecule has 0 bridgehead atoms. The largest absolute Gasteiger partial charge is 0.491 e. The van der Waals surface area contributed by atoms with Gasteiger partial charge in [-0.2, -0.15) is 0 Å². The molecule has 168 valence electrons. The Kier molecular flexibility index (Phi) is 6.54. The highest BCUT2D eigenvalue weighted by atomic mass is 16.5. The van der Waals surface area contributed by atoms with Crippen molar-refractivity contribution in [1.82, 2.24) is 15.0 Å². The van der Waals surface area contributed by atoms with Gasteiger partial charge in [0, 0.05) is 29.1 Å². The quantitative estimate of drug-likeness (QED) is 0.335. The lowest BCUT2D eigenvalue weighted by Gasteiger charge is -2.13. The topological polar surface area (TPSA) is 75.5 Å². The molecule has 0 aliphatic carbocycles. The van der Waals surface area contributed by atoms with E-state index in [9.17, 15) is 0 Å². The van der Waals surface area contributed by atoms with Gasteiger partial charge in [0.25, 0.3) is 0 Å². The number of fused-ring (bicyclic) bond motifs is 1. The highest BCUT2D eigenvalue weighted by Crippen LogP contribution is 2.33. The third-order valence-electron chi connectivity index (χ3n) is 5.84. The average molecular weight is 448 g/mol. The standard InChI is InChI=1S/C29H26N4O/c30-20-22-11-13-24(14-12-22)28-27(23-7-2-1-3-8-23)32-25-9-4-10-26(29(25)33-28)34-19-5-6-21-15-17-31-18-16-21/h1-4,7-18H,5-6,19-20,30H2/p+1. The van der Waals surface area contributed by atoms with Crippen LogP contribution in [-0.4, -0.2) is 21.6 Å². The van der Waals surface area contributed by atoms with Gasteiger partial charge in [-0.15, -0.1) is 0 Å². The number of nitrogens with zero attached hydrogens (tertiary/aromatic N) is 3. The summed E-state index contributed by atoms with van der Waals surface area (Å²) < 4.78 is 6.19. The van der Waals surface area contributed by atoms with Crippen LogP contribution in [0.5, 0.6) is 5.75 Å². The number of aryl methyl sites for hydroxylation is 1. The van der Waals surface area contributed by atoms with Crippen LogP contribution in [0.2, 0.25) is 0 Å². The van der Waals surface area contributed by atoms with Crippen LogP contribution in [0.1, 0.15) is 17.5 Å². The van der Waals surface area contributed by atoms with Crippen molar-refractivity contribution >= 4 is 11.0 Å². The van der Waals surface area contributed by atoms with Crippen molar-refractivity contribution in [2.75, 3.05) is 6.61 Å². The Morgan fingerprint density at radius 1 is 0.676 bits per heavy atom. The zero-order valence-electron chi connectivity index (χ0n) is 19.0. The van der Waals surface area contributed by atoms with Crippen molar-refractivity contribution < 1.29 is 10.5 Å². The van der Waals surface area contributed by atoms with Gasteiger partial charge in [-0.1, -0.05) is 60.7 Å². The molecule has 0 aliphatic heterocycles. The fraction of sp³-hybridized carbons (Fsp3) is 0.138. The van der Waals surface area contributed by atoms with Gasteiger partial charge in [0.05, 0.1) is 30.1 Å². The van der Waals surface area contributed by atoms with E-state index in [1.165, 1.54) is 11.1 Å². The van der Waals surface area contributed by atoms with Gasteiger partial charge >= 0.3 is 0 Å². The van der Waals surface area contributed by atoms with E-state index in [0.717, 1.165) is 58.7 Å². The molecule has 5 aromatic rings. The molecule has 0 saturated carbocycles. The van der Waals surface area contributed by atoms with Crippen molar-refractivity contribution in [1.29, 1.82) is 0 Å². The third-order valence-corrected chi connectivity index (χ3v) is 5.84. The van der Waals surface area contributed by atoms with Crippen LogP contribution in [0.4, 0.5) is 0 Å². The maximum absolute atomic E-state index is 6.19. The Balaban J connectivity index is 1.50. The number of hydrogen-bond donors (Lipinski definition) is 1. The molecule has 0 atom stereocenters. The Morgan fingerprint density at radius 2 is 1.41 bits per heavy atom. The van der Waals surface area contributed by atoms with Crippen LogP contribution < -0.4 is 10.5 Å². The van der Waals surface area contributed by atoms with Crippen LogP contribution in [0, 0.1) is 0 Å². The molecule has 0 aliphatic rings. The number of hydrogen-bond acceptors (Lipinski definition) is 4. The second-order valence-corrected chi connectivity index (χ2v) is 8.17. The fourth-order valence-corrected chi connectivity index (χ4v) is 4.00. The van der Waals surface area contributed by atoms with E-state index < -0.39 is 0 Å². The maximum Gasteiger partial charge on any atom is 0.147 e. The summed E-state index contributed by atoms with van der Waals surface area (Å²) in [4.78, 5) is 14.2. The first-order chi connectivity index (χ1) is 16.8. The Bertz CT molecular complexity index is 1370. The highest BCUT2D eigenvalue weighted by Gasteiger charge is 2.15. The number of rotatable bonds is 8. The van der Waals surface area contributed by atoms with Crippen molar-refractivity contribution in [2.45, 2.75) is 19.4 Å². The first kappa shape index (κ1) is 21.7. The van der Waals surface area contributed by atoms with Gasteiger partial charge in [0.15, 0.2) is 0 Å². The molecule has 0 amide bonds. The molecule has 0 fully saturated rings. The number of ether oxygens (including phenoxy) is 1. The average Bonchev–Trinajstić information content (AvgIpc) is 2.91. The molecule has 34 heavy (non-hydrogen) atoms. The fourth-order valence-electron chi connectivity index (χ4n) is 4.00. The summed E-state index contributed by atoms with van der Waals surface area (Å²) in [7, 11) is 0. The van der Waals surface area contributed by atoms with Gasteiger partial charge in [-0.25, -0.2) is 9.97 Å². The van der Waals surface area contributed by atoms with E-state index in [1.807, 2.05) is 60.9 Å². The molecule has 0 unspecified atom stereocenters. The normalized spacial score (nSPS) is 11.0. The summed E-state index contributed by atoms with van der Waals surface area (Å²) in [5.74, 6) is 0.759. The van der Waals surface area contributed by atoms with Crippen molar-refractivity contribution in [3.05, 3.63) is 108 Å². The third kappa shape index (κ3) is 4.80. The van der Waals surface area contributed by atoms with Crippen molar-refractivity contribution in [3.63, 3.8) is 0 Å². The number of para-hydroxylation sites is 1. The lowest BCUT2D eigenvalue weighted by molar-refractivity contribution is -0.386. The van der Waals surface area contributed by atoms with Gasteiger partial charge in [-0.05, 0) is 42.7 Å². The molecule has 3 aromatic carbocycles. The first-order valence-corrected chi connectivity index (χ1v) is 11.6. The minimum Gasteiger partial charge on any atom is -0.491 e. The van der Waals surface area contributed by atoms with Crippen LogP contribution >= 0.6 is 0 Å².